The van der Waals surface area contributed by atoms with Gasteiger partial charge in [-0.15, -0.1) is 0 Å². The van der Waals surface area contributed by atoms with Crippen LogP contribution in [0.1, 0.15) is 28.9 Å². The number of carbonyl (C=O) groups is 1. The number of aromatic nitrogens is 1. The van der Waals surface area contributed by atoms with Crippen LogP contribution in [0.3, 0.4) is 0 Å². The molecule has 2 aromatic rings. The highest BCUT2D eigenvalue weighted by Gasteiger charge is 2.23. The van der Waals surface area contributed by atoms with Crippen LogP contribution in [0.25, 0.3) is 10.9 Å². The minimum absolute atomic E-state index is 0.268. The summed E-state index contributed by atoms with van der Waals surface area (Å²) in [4.78, 5) is 12.0. The van der Waals surface area contributed by atoms with Crippen molar-refractivity contribution >= 4 is 16.7 Å². The van der Waals surface area contributed by atoms with Crippen LogP contribution in [0.5, 0.6) is 5.75 Å². The molecule has 2 heterocycles. The number of Topliss-reactive ketones (excluding diaryl/α,β-unsaturated/α-hetero) is 1. The van der Waals surface area contributed by atoms with Crippen LogP contribution in [0, 0.1) is 6.92 Å². The lowest BCUT2D eigenvalue weighted by atomic mass is 10.1. The first kappa shape index (κ1) is 10.4. The van der Waals surface area contributed by atoms with E-state index in [0.717, 1.165) is 40.9 Å². The van der Waals surface area contributed by atoms with E-state index in [-0.39, 0.29) is 5.78 Å². The SMILES string of the molecule is COc1ccc2c(c1)c(C)c1n2CCCC1=O. The van der Waals surface area contributed by atoms with Crippen molar-refractivity contribution in [3.63, 3.8) is 0 Å². The van der Waals surface area contributed by atoms with Crippen molar-refractivity contribution in [2.75, 3.05) is 7.11 Å². The summed E-state index contributed by atoms with van der Waals surface area (Å²) in [5.41, 5.74) is 3.12. The van der Waals surface area contributed by atoms with E-state index in [1.54, 1.807) is 7.11 Å². The van der Waals surface area contributed by atoms with Gasteiger partial charge in [0.1, 0.15) is 5.75 Å². The zero-order valence-electron chi connectivity index (χ0n) is 10.1. The highest BCUT2D eigenvalue weighted by Crippen LogP contribution is 2.32. The van der Waals surface area contributed by atoms with Gasteiger partial charge >= 0.3 is 0 Å². The normalized spacial score (nSPS) is 15.1. The number of carbonyl (C=O) groups excluding carboxylic acids is 1. The molecule has 0 atom stereocenters. The number of rotatable bonds is 1. The fourth-order valence-electron chi connectivity index (χ4n) is 2.74. The van der Waals surface area contributed by atoms with Crippen LogP contribution in [-0.4, -0.2) is 17.5 Å². The quantitative estimate of drug-likeness (QED) is 0.752. The Hall–Kier alpha value is -1.77. The Morgan fingerprint density at radius 3 is 2.94 bits per heavy atom. The number of methoxy groups -OCH3 is 1. The Kier molecular flexibility index (Phi) is 2.21. The summed E-state index contributed by atoms with van der Waals surface area (Å²) in [6.07, 6.45) is 1.62. The standard InChI is InChI=1S/C14H15NO2/c1-9-11-8-10(17-2)5-6-12(11)15-7-3-4-13(16)14(9)15/h5-6,8H,3-4,7H2,1-2H3. The Labute approximate surface area is 100.0 Å². The first-order chi connectivity index (χ1) is 8.22. The van der Waals surface area contributed by atoms with Crippen molar-refractivity contribution < 1.29 is 9.53 Å². The van der Waals surface area contributed by atoms with Crippen molar-refractivity contribution in [1.82, 2.24) is 4.57 Å². The van der Waals surface area contributed by atoms with Gasteiger partial charge in [0.05, 0.1) is 12.8 Å². The fourth-order valence-corrected chi connectivity index (χ4v) is 2.74. The Balaban J connectivity index is 2.35. The van der Waals surface area contributed by atoms with Crippen molar-refractivity contribution in [3.05, 3.63) is 29.5 Å². The molecule has 0 fully saturated rings. The molecule has 0 spiro atoms. The molecule has 1 aromatic carbocycles. The smallest absolute Gasteiger partial charge is 0.179 e. The van der Waals surface area contributed by atoms with E-state index in [1.807, 2.05) is 25.1 Å². The number of hydrogen-bond donors (Lipinski definition) is 0. The summed E-state index contributed by atoms with van der Waals surface area (Å²) >= 11 is 0. The van der Waals surface area contributed by atoms with Crippen LogP contribution >= 0.6 is 0 Å². The van der Waals surface area contributed by atoms with Crippen LogP contribution in [0.4, 0.5) is 0 Å². The second-order valence-corrected chi connectivity index (χ2v) is 4.54. The van der Waals surface area contributed by atoms with E-state index < -0.39 is 0 Å². The maximum Gasteiger partial charge on any atom is 0.179 e. The van der Waals surface area contributed by atoms with Gasteiger partial charge in [-0.1, -0.05) is 0 Å². The molecule has 0 amide bonds. The number of hydrogen-bond acceptors (Lipinski definition) is 2. The molecule has 17 heavy (non-hydrogen) atoms. The van der Waals surface area contributed by atoms with Gasteiger partial charge in [0.2, 0.25) is 0 Å². The van der Waals surface area contributed by atoms with Crippen molar-refractivity contribution in [2.24, 2.45) is 0 Å². The molecule has 3 nitrogen and oxygen atoms in total. The first-order valence-corrected chi connectivity index (χ1v) is 5.92. The lowest BCUT2D eigenvalue weighted by molar-refractivity contribution is 0.0955. The Morgan fingerprint density at radius 2 is 2.18 bits per heavy atom. The molecule has 88 valence electrons. The molecule has 3 rings (SSSR count). The van der Waals surface area contributed by atoms with E-state index in [4.69, 9.17) is 4.74 Å². The number of ketones is 1. The lowest BCUT2D eigenvalue weighted by Gasteiger charge is -2.15. The van der Waals surface area contributed by atoms with E-state index in [1.165, 1.54) is 0 Å². The number of fused-ring (bicyclic) bond motifs is 3. The van der Waals surface area contributed by atoms with E-state index in [9.17, 15) is 4.79 Å². The third-order valence-electron chi connectivity index (χ3n) is 3.57. The monoisotopic (exact) mass is 229 g/mol. The summed E-state index contributed by atoms with van der Waals surface area (Å²) < 4.78 is 7.39. The van der Waals surface area contributed by atoms with Crippen molar-refractivity contribution in [2.45, 2.75) is 26.3 Å². The number of benzene rings is 1. The summed E-state index contributed by atoms with van der Waals surface area (Å²) in [5, 5.41) is 1.13. The highest BCUT2D eigenvalue weighted by atomic mass is 16.5. The van der Waals surface area contributed by atoms with Crippen LogP contribution in [-0.2, 0) is 6.54 Å². The molecule has 1 aromatic heterocycles. The molecule has 0 saturated carbocycles. The van der Waals surface area contributed by atoms with Gasteiger partial charge in [-0.3, -0.25) is 4.79 Å². The van der Waals surface area contributed by atoms with Gasteiger partial charge in [-0.05, 0) is 37.1 Å². The Bertz CT molecular complexity index is 610. The maximum atomic E-state index is 12.0. The molecular weight excluding hydrogens is 214 g/mol. The molecule has 0 aliphatic carbocycles. The zero-order chi connectivity index (χ0) is 12.0. The second kappa shape index (κ2) is 3.62. The van der Waals surface area contributed by atoms with Gasteiger partial charge in [-0.2, -0.15) is 0 Å². The third-order valence-corrected chi connectivity index (χ3v) is 3.57. The summed E-state index contributed by atoms with van der Waals surface area (Å²) in [6.45, 7) is 2.97. The maximum absolute atomic E-state index is 12.0. The van der Waals surface area contributed by atoms with Crippen molar-refractivity contribution in [1.29, 1.82) is 0 Å². The molecule has 0 saturated heterocycles. The molecule has 0 unspecified atom stereocenters. The second-order valence-electron chi connectivity index (χ2n) is 4.54. The summed E-state index contributed by atoms with van der Waals surface area (Å²) in [5.74, 6) is 1.11. The Morgan fingerprint density at radius 1 is 1.35 bits per heavy atom. The third kappa shape index (κ3) is 1.38. The van der Waals surface area contributed by atoms with E-state index >= 15 is 0 Å². The molecule has 0 bridgehead atoms. The predicted molar refractivity (Wildman–Crippen MR) is 66.8 cm³/mol. The number of nitrogens with zero attached hydrogens (tertiary/aromatic N) is 1. The van der Waals surface area contributed by atoms with Crippen molar-refractivity contribution in [3.8, 4) is 5.75 Å². The van der Waals surface area contributed by atoms with Crippen LogP contribution in [0.15, 0.2) is 18.2 Å². The first-order valence-electron chi connectivity index (χ1n) is 5.92. The van der Waals surface area contributed by atoms with Gasteiger partial charge in [0, 0.05) is 23.9 Å². The molecule has 0 radical (unpaired) electrons. The minimum atomic E-state index is 0.268. The minimum Gasteiger partial charge on any atom is -0.497 e. The zero-order valence-corrected chi connectivity index (χ0v) is 10.1. The average Bonchev–Trinajstić information content (AvgIpc) is 2.64. The summed E-state index contributed by atoms with van der Waals surface area (Å²) in [6, 6.07) is 6.01. The molecule has 1 aliphatic heterocycles. The molecule has 1 aliphatic rings. The molecule has 0 N–H and O–H groups in total. The average molecular weight is 229 g/mol. The summed E-state index contributed by atoms with van der Waals surface area (Å²) in [7, 11) is 1.66. The lowest BCUT2D eigenvalue weighted by Crippen LogP contribution is -2.16. The van der Waals surface area contributed by atoms with E-state index in [2.05, 4.69) is 4.57 Å². The van der Waals surface area contributed by atoms with Gasteiger partial charge in [-0.25, -0.2) is 0 Å². The topological polar surface area (TPSA) is 31.2 Å². The molecular formula is C14H15NO2. The fraction of sp³-hybridized carbons (Fsp3) is 0.357. The van der Waals surface area contributed by atoms with Crippen LogP contribution < -0.4 is 4.74 Å². The highest BCUT2D eigenvalue weighted by molar-refractivity contribution is 6.03. The van der Waals surface area contributed by atoms with E-state index in [0.29, 0.717) is 6.42 Å². The number of aryl methyl sites for hydroxylation is 2. The van der Waals surface area contributed by atoms with Gasteiger partial charge in [0.15, 0.2) is 5.78 Å². The van der Waals surface area contributed by atoms with Gasteiger partial charge in [0.25, 0.3) is 0 Å². The number of ether oxygens (including phenoxy) is 1. The molecule has 3 heteroatoms. The van der Waals surface area contributed by atoms with Gasteiger partial charge < -0.3 is 9.30 Å². The largest absolute Gasteiger partial charge is 0.497 e. The predicted octanol–water partition coefficient (Wildman–Crippen LogP) is 2.93. The van der Waals surface area contributed by atoms with Crippen LogP contribution in [0.2, 0.25) is 0 Å².